The lowest BCUT2D eigenvalue weighted by Gasteiger charge is -2.15. The highest BCUT2D eigenvalue weighted by Crippen LogP contribution is 2.32. The van der Waals surface area contributed by atoms with Crippen LogP contribution < -0.4 is 4.74 Å². The van der Waals surface area contributed by atoms with E-state index in [0.29, 0.717) is 18.0 Å². The summed E-state index contributed by atoms with van der Waals surface area (Å²) in [7, 11) is 1.57. The van der Waals surface area contributed by atoms with Crippen LogP contribution in [0.3, 0.4) is 0 Å². The quantitative estimate of drug-likeness (QED) is 0.807. The molecule has 19 heavy (non-hydrogen) atoms. The number of ether oxygens (including phenoxy) is 2. The van der Waals surface area contributed by atoms with Gasteiger partial charge in [-0.1, -0.05) is 0 Å². The molecule has 0 bridgehead atoms. The van der Waals surface area contributed by atoms with Crippen molar-refractivity contribution in [3.63, 3.8) is 0 Å². The number of rotatable bonds is 3. The van der Waals surface area contributed by atoms with Crippen LogP contribution >= 0.6 is 11.6 Å². The molecule has 6 nitrogen and oxygen atoms in total. The molecule has 0 radical (unpaired) electrons. The first-order valence-electron chi connectivity index (χ1n) is 6.21. The first-order chi connectivity index (χ1) is 9.22. The second kappa shape index (κ2) is 4.94. The van der Waals surface area contributed by atoms with Crippen LogP contribution in [-0.2, 0) is 4.74 Å². The fourth-order valence-corrected chi connectivity index (χ4v) is 2.57. The zero-order valence-corrected chi connectivity index (χ0v) is 11.6. The summed E-state index contributed by atoms with van der Waals surface area (Å²) in [6.45, 7) is 3.31. The van der Waals surface area contributed by atoms with E-state index in [-0.39, 0.29) is 11.4 Å². The molecule has 2 unspecified atom stereocenters. The zero-order chi connectivity index (χ0) is 13.4. The van der Waals surface area contributed by atoms with Crippen molar-refractivity contribution >= 4 is 22.8 Å². The maximum Gasteiger partial charge on any atom is 0.245 e. The van der Waals surface area contributed by atoms with Gasteiger partial charge in [-0.25, -0.2) is 9.97 Å². The molecule has 7 heteroatoms. The van der Waals surface area contributed by atoms with Crippen LogP contribution in [0.15, 0.2) is 6.33 Å². The number of alkyl halides is 1. The standard InChI is InChI=1S/C12H15ClN4O2/c1-7(13)10-16-9-11(14-6-15-12(9)18-2)17(10)8-3-4-19-5-8/h6-8H,3-5H2,1-2H3. The summed E-state index contributed by atoms with van der Waals surface area (Å²) in [5.41, 5.74) is 1.41. The molecule has 3 heterocycles. The van der Waals surface area contributed by atoms with Crippen LogP contribution in [-0.4, -0.2) is 39.8 Å². The molecule has 0 aliphatic carbocycles. The Morgan fingerprint density at radius 3 is 3.00 bits per heavy atom. The van der Waals surface area contributed by atoms with Gasteiger partial charge in [-0.3, -0.25) is 0 Å². The van der Waals surface area contributed by atoms with Crippen molar-refractivity contribution in [2.24, 2.45) is 0 Å². The van der Waals surface area contributed by atoms with Crippen molar-refractivity contribution in [3.05, 3.63) is 12.2 Å². The number of nitrogens with zero attached hydrogens (tertiary/aromatic N) is 4. The maximum atomic E-state index is 6.24. The maximum absolute atomic E-state index is 6.24. The van der Waals surface area contributed by atoms with Gasteiger partial charge in [0.1, 0.15) is 12.2 Å². The number of aromatic nitrogens is 4. The fraction of sp³-hybridized carbons (Fsp3) is 0.583. The van der Waals surface area contributed by atoms with Crippen molar-refractivity contribution in [1.82, 2.24) is 19.5 Å². The molecule has 0 amide bonds. The number of imidazole rings is 1. The monoisotopic (exact) mass is 282 g/mol. The molecule has 3 rings (SSSR count). The average molecular weight is 283 g/mol. The van der Waals surface area contributed by atoms with Gasteiger partial charge in [-0.05, 0) is 13.3 Å². The SMILES string of the molecule is COc1ncnc2c1nc(C(C)Cl)n2C1CCOC1. The van der Waals surface area contributed by atoms with Crippen molar-refractivity contribution in [1.29, 1.82) is 0 Å². The lowest BCUT2D eigenvalue weighted by atomic mass is 10.2. The lowest BCUT2D eigenvalue weighted by molar-refractivity contribution is 0.186. The smallest absolute Gasteiger partial charge is 0.245 e. The molecule has 0 aromatic carbocycles. The Bertz CT molecular complexity index is 593. The van der Waals surface area contributed by atoms with E-state index in [0.717, 1.165) is 24.5 Å². The number of fused-ring (bicyclic) bond motifs is 1. The van der Waals surface area contributed by atoms with E-state index in [9.17, 15) is 0 Å². The van der Waals surface area contributed by atoms with E-state index in [4.69, 9.17) is 21.1 Å². The Balaban J connectivity index is 2.23. The Morgan fingerprint density at radius 2 is 2.37 bits per heavy atom. The van der Waals surface area contributed by atoms with Gasteiger partial charge >= 0.3 is 0 Å². The number of hydrogen-bond acceptors (Lipinski definition) is 5. The molecule has 102 valence electrons. The minimum atomic E-state index is -0.209. The van der Waals surface area contributed by atoms with E-state index in [1.807, 2.05) is 6.92 Å². The Labute approximate surface area is 115 Å². The van der Waals surface area contributed by atoms with Crippen LogP contribution in [0.5, 0.6) is 5.88 Å². The van der Waals surface area contributed by atoms with Crippen molar-refractivity contribution < 1.29 is 9.47 Å². The highest BCUT2D eigenvalue weighted by atomic mass is 35.5. The van der Waals surface area contributed by atoms with Gasteiger partial charge < -0.3 is 14.0 Å². The summed E-state index contributed by atoms with van der Waals surface area (Å²) < 4.78 is 12.8. The lowest BCUT2D eigenvalue weighted by Crippen LogP contribution is -2.13. The van der Waals surface area contributed by atoms with Gasteiger partial charge in [0, 0.05) is 6.61 Å². The first-order valence-corrected chi connectivity index (χ1v) is 6.64. The highest BCUT2D eigenvalue weighted by molar-refractivity contribution is 6.20. The molecule has 1 aliphatic heterocycles. The third-order valence-corrected chi connectivity index (χ3v) is 3.49. The van der Waals surface area contributed by atoms with E-state index >= 15 is 0 Å². The largest absolute Gasteiger partial charge is 0.479 e. The Hall–Kier alpha value is -1.40. The van der Waals surface area contributed by atoms with Crippen molar-refractivity contribution in [3.8, 4) is 5.88 Å². The molecule has 1 saturated heterocycles. The van der Waals surface area contributed by atoms with Gasteiger partial charge in [0.15, 0.2) is 11.2 Å². The van der Waals surface area contributed by atoms with Gasteiger partial charge in [0.25, 0.3) is 0 Å². The topological polar surface area (TPSA) is 62.1 Å². The highest BCUT2D eigenvalue weighted by Gasteiger charge is 2.27. The summed E-state index contributed by atoms with van der Waals surface area (Å²) in [5.74, 6) is 1.26. The fourth-order valence-electron chi connectivity index (χ4n) is 2.42. The van der Waals surface area contributed by atoms with Crippen LogP contribution in [0, 0.1) is 0 Å². The summed E-state index contributed by atoms with van der Waals surface area (Å²) in [6, 6.07) is 0.223. The summed E-state index contributed by atoms with van der Waals surface area (Å²) in [6.07, 6.45) is 2.42. The molecule has 1 fully saturated rings. The number of halogens is 1. The van der Waals surface area contributed by atoms with Gasteiger partial charge in [0.05, 0.1) is 25.1 Å². The molecule has 2 atom stereocenters. The van der Waals surface area contributed by atoms with E-state index in [2.05, 4.69) is 19.5 Å². The molecule has 1 aliphatic rings. The minimum absolute atomic E-state index is 0.209. The minimum Gasteiger partial charge on any atom is -0.479 e. The van der Waals surface area contributed by atoms with Crippen LogP contribution in [0.2, 0.25) is 0 Å². The predicted molar refractivity (Wildman–Crippen MR) is 70.6 cm³/mol. The van der Waals surface area contributed by atoms with Gasteiger partial charge in [-0.2, -0.15) is 4.98 Å². The molecule has 2 aromatic rings. The summed E-state index contributed by atoms with van der Waals surface area (Å²) >= 11 is 6.24. The normalized spacial score (nSPS) is 20.9. The molecular formula is C12H15ClN4O2. The van der Waals surface area contributed by atoms with Gasteiger partial charge in [-0.15, -0.1) is 11.6 Å². The summed E-state index contributed by atoms with van der Waals surface area (Å²) in [4.78, 5) is 13.0. The third kappa shape index (κ3) is 2.04. The molecule has 0 N–H and O–H groups in total. The second-order valence-electron chi connectivity index (χ2n) is 4.53. The third-order valence-electron chi connectivity index (χ3n) is 3.29. The van der Waals surface area contributed by atoms with Crippen molar-refractivity contribution in [2.75, 3.05) is 20.3 Å². The van der Waals surface area contributed by atoms with E-state index in [1.165, 1.54) is 6.33 Å². The predicted octanol–water partition coefficient (Wildman–Crippen LogP) is 2.10. The van der Waals surface area contributed by atoms with Crippen LogP contribution in [0.25, 0.3) is 11.2 Å². The molecule has 2 aromatic heterocycles. The molecular weight excluding hydrogens is 268 g/mol. The number of methoxy groups -OCH3 is 1. The average Bonchev–Trinajstić information content (AvgIpc) is 3.04. The van der Waals surface area contributed by atoms with E-state index in [1.54, 1.807) is 7.11 Å². The second-order valence-corrected chi connectivity index (χ2v) is 5.18. The van der Waals surface area contributed by atoms with Crippen LogP contribution in [0.1, 0.15) is 30.6 Å². The Morgan fingerprint density at radius 1 is 1.53 bits per heavy atom. The van der Waals surface area contributed by atoms with Crippen LogP contribution in [0.4, 0.5) is 0 Å². The van der Waals surface area contributed by atoms with E-state index < -0.39 is 0 Å². The number of hydrogen-bond donors (Lipinski definition) is 0. The first kappa shape index (κ1) is 12.6. The zero-order valence-electron chi connectivity index (χ0n) is 10.8. The van der Waals surface area contributed by atoms with Crippen molar-refractivity contribution in [2.45, 2.75) is 24.8 Å². The van der Waals surface area contributed by atoms with Gasteiger partial charge in [0.2, 0.25) is 5.88 Å². The Kier molecular flexibility index (Phi) is 3.28. The molecule has 0 saturated carbocycles. The molecule has 0 spiro atoms. The summed E-state index contributed by atoms with van der Waals surface area (Å²) in [5, 5.41) is -0.209.